The van der Waals surface area contributed by atoms with Crippen LogP contribution in [0.25, 0.3) is 20.5 Å². The first-order valence-electron chi connectivity index (χ1n) is 24.5. The second kappa shape index (κ2) is 23.2. The summed E-state index contributed by atoms with van der Waals surface area (Å²) in [5, 5.41) is 37.4. The third-order valence-electron chi connectivity index (χ3n) is 13.1. The van der Waals surface area contributed by atoms with E-state index in [9.17, 15) is 34.5 Å². The van der Waals surface area contributed by atoms with Crippen LogP contribution in [0.1, 0.15) is 133 Å². The zero-order chi connectivity index (χ0) is 50.0. The molecule has 69 heavy (non-hydrogen) atoms. The van der Waals surface area contributed by atoms with Crippen LogP contribution in [0.5, 0.6) is 17.2 Å². The van der Waals surface area contributed by atoms with E-state index in [1.165, 1.54) is 21.8 Å². The lowest BCUT2D eigenvalue weighted by Crippen LogP contribution is -2.57. The molecule has 0 radical (unpaired) electrons. The number of phenolic OH excluding ortho intramolecular Hbond substituents is 2. The number of nitrogens with one attached hydrogen (secondary N) is 2. The lowest BCUT2D eigenvalue weighted by atomic mass is 9.85. The lowest BCUT2D eigenvalue weighted by molar-refractivity contribution is -0.144. The Labute approximate surface area is 412 Å². The second-order valence-corrected chi connectivity index (χ2v) is 21.6. The molecular weight excluding hydrogens is 889 g/mol. The normalized spacial score (nSPS) is 16.1. The van der Waals surface area contributed by atoms with E-state index in [-0.39, 0.29) is 59.4 Å². The molecule has 1 saturated heterocycles. The van der Waals surface area contributed by atoms with Crippen LogP contribution in [0.3, 0.4) is 0 Å². The van der Waals surface area contributed by atoms with Crippen molar-refractivity contribution in [2.45, 2.75) is 130 Å². The number of carbonyl (C=O) groups is 4. The predicted molar refractivity (Wildman–Crippen MR) is 275 cm³/mol. The number of likely N-dealkylation sites (N-methyl/N-ethyl adjacent to an activating group) is 1. The van der Waals surface area contributed by atoms with E-state index in [2.05, 4.69) is 55.4 Å². The highest BCUT2D eigenvalue weighted by Gasteiger charge is 2.44. The molecule has 0 unspecified atom stereocenters. The van der Waals surface area contributed by atoms with Crippen LogP contribution < -0.4 is 15.4 Å². The second-order valence-electron chi connectivity index (χ2n) is 20.6. The number of thiophene rings is 1. The quantitative estimate of drug-likeness (QED) is 0.0355. The van der Waals surface area contributed by atoms with Crippen molar-refractivity contribution in [2.75, 3.05) is 32.8 Å². The first kappa shape index (κ1) is 52.6. The zero-order valence-electron chi connectivity index (χ0n) is 41.6. The summed E-state index contributed by atoms with van der Waals surface area (Å²) in [5.41, 5.74) is 3.41. The van der Waals surface area contributed by atoms with Gasteiger partial charge in [-0.3, -0.25) is 19.2 Å². The molecule has 370 valence electrons. The van der Waals surface area contributed by atoms with E-state index in [0.717, 1.165) is 71.4 Å². The monoisotopic (exact) mass is 961 g/mol. The van der Waals surface area contributed by atoms with Crippen LogP contribution in [0, 0.1) is 5.41 Å². The minimum Gasteiger partial charge on any atom is -0.508 e. The van der Waals surface area contributed by atoms with Crippen molar-refractivity contribution in [3.05, 3.63) is 113 Å². The summed E-state index contributed by atoms with van der Waals surface area (Å²) >= 11 is 1.43. The summed E-state index contributed by atoms with van der Waals surface area (Å²) in [6.07, 6.45) is 4.19. The summed E-state index contributed by atoms with van der Waals surface area (Å²) < 4.78 is 6.89. The number of ether oxygens (including phenoxy) is 1. The Morgan fingerprint density at radius 1 is 0.812 bits per heavy atom. The number of aliphatic hydroxyl groups is 1. The summed E-state index contributed by atoms with van der Waals surface area (Å²) in [6.45, 7) is 19.3. The first-order chi connectivity index (χ1) is 32.7. The lowest BCUT2D eigenvalue weighted by Gasteiger charge is -2.35. The Morgan fingerprint density at radius 3 is 2.12 bits per heavy atom. The smallest absolute Gasteiger partial charge is 0.246 e. The average molecular weight is 961 g/mol. The molecule has 5 aromatic rings. The maximum absolute atomic E-state index is 14.1. The highest BCUT2D eigenvalue weighted by atomic mass is 32.1. The maximum atomic E-state index is 14.1. The van der Waals surface area contributed by atoms with Gasteiger partial charge in [-0.05, 0) is 127 Å². The van der Waals surface area contributed by atoms with Gasteiger partial charge in [0.2, 0.25) is 17.7 Å². The summed E-state index contributed by atoms with van der Waals surface area (Å²) in [6, 6.07) is 25.1. The topological polar surface area (TPSA) is 169 Å². The van der Waals surface area contributed by atoms with Gasteiger partial charge in [0.15, 0.2) is 5.78 Å². The molecule has 1 aliphatic heterocycles. The van der Waals surface area contributed by atoms with Gasteiger partial charge in [0.05, 0.1) is 12.1 Å². The van der Waals surface area contributed by atoms with Crippen LogP contribution in [-0.4, -0.2) is 99.6 Å². The van der Waals surface area contributed by atoms with Gasteiger partial charge < -0.3 is 40.5 Å². The molecule has 0 aliphatic carbocycles. The van der Waals surface area contributed by atoms with E-state index in [0.29, 0.717) is 36.3 Å². The van der Waals surface area contributed by atoms with E-state index in [1.807, 2.05) is 52.0 Å². The summed E-state index contributed by atoms with van der Waals surface area (Å²) in [4.78, 5) is 59.5. The number of benzene rings is 4. The molecule has 12 nitrogen and oxygen atoms in total. The first-order valence-corrected chi connectivity index (χ1v) is 25.3. The molecule has 4 aromatic carbocycles. The fraction of sp³-hybridized carbons (Fsp3) is 0.464. The number of likely N-dealkylation sites (tertiary alicyclic amines) is 1. The third-order valence-corrected chi connectivity index (χ3v) is 14.3. The highest BCUT2D eigenvalue weighted by Crippen LogP contribution is 2.41. The van der Waals surface area contributed by atoms with Gasteiger partial charge in [-0.2, -0.15) is 0 Å². The van der Waals surface area contributed by atoms with E-state index in [4.69, 9.17) is 4.74 Å². The molecule has 6 rings (SSSR count). The molecule has 0 spiro atoms. The molecule has 2 heterocycles. The molecule has 0 bridgehead atoms. The molecule has 5 N–H and O–H groups in total. The van der Waals surface area contributed by atoms with Crippen molar-refractivity contribution in [1.29, 1.82) is 0 Å². The number of ketones is 1. The molecule has 3 amide bonds. The Bertz CT molecular complexity index is 2530. The number of aromatic hydroxyl groups is 2. The van der Waals surface area contributed by atoms with Crippen molar-refractivity contribution in [3.63, 3.8) is 0 Å². The maximum Gasteiger partial charge on any atom is 0.246 e. The number of hydrogen-bond donors (Lipinski definition) is 5. The number of hydrogen-bond acceptors (Lipinski definition) is 10. The average Bonchev–Trinajstić information content (AvgIpc) is 3.89. The Morgan fingerprint density at radius 2 is 1.46 bits per heavy atom. The molecule has 13 heteroatoms. The molecule has 4 atom stereocenters. The number of aliphatic hydroxyl groups excluding tert-OH is 1. The number of amides is 3. The number of nitrogens with zero attached hydrogens (tertiary/aromatic N) is 2. The fourth-order valence-corrected chi connectivity index (χ4v) is 10.1. The van der Waals surface area contributed by atoms with Crippen molar-refractivity contribution in [2.24, 2.45) is 5.41 Å². The van der Waals surface area contributed by atoms with Crippen molar-refractivity contribution < 1.29 is 39.2 Å². The highest BCUT2D eigenvalue weighted by molar-refractivity contribution is 7.22. The molecule has 1 aromatic heterocycles. The molecule has 0 saturated carbocycles. The van der Waals surface area contributed by atoms with Gasteiger partial charge in [0.1, 0.15) is 35.9 Å². The summed E-state index contributed by atoms with van der Waals surface area (Å²) in [7, 11) is 0. The number of unbranched alkanes of at least 4 members (excludes halogenated alkanes) is 4. The van der Waals surface area contributed by atoms with Crippen molar-refractivity contribution in [3.8, 4) is 27.7 Å². The van der Waals surface area contributed by atoms with Gasteiger partial charge in [-0.25, -0.2) is 0 Å². The minimum absolute atomic E-state index is 0.00852. The van der Waals surface area contributed by atoms with Crippen LogP contribution in [-0.2, 0) is 19.8 Å². The van der Waals surface area contributed by atoms with Crippen LogP contribution in [0.2, 0.25) is 0 Å². The van der Waals surface area contributed by atoms with Gasteiger partial charge in [0.25, 0.3) is 0 Å². The SMILES string of the molecule is CCN(CCCCCCCC(=O)N[C@H](C(=O)N1C[C@H](O)C[C@H]1C(=O)N[C@@H](C)c1ccc(C(C)(C)C)cc1)C(C)(C)C)CCOc1ccc(C(=O)c2c(-c3ccc(O)cc3)sc3cc(O)ccc23)cc1. The van der Waals surface area contributed by atoms with Gasteiger partial charge in [0, 0.05) is 52.0 Å². The summed E-state index contributed by atoms with van der Waals surface area (Å²) in [5.74, 6) is -0.0758. The Kier molecular flexibility index (Phi) is 17.7. The van der Waals surface area contributed by atoms with Crippen LogP contribution in [0.15, 0.2) is 91.0 Å². The molecular formula is C56H72N4O8S. The largest absolute Gasteiger partial charge is 0.508 e. The van der Waals surface area contributed by atoms with Gasteiger partial charge in [-0.1, -0.05) is 92.0 Å². The van der Waals surface area contributed by atoms with E-state index >= 15 is 0 Å². The molecule has 1 aliphatic rings. The third kappa shape index (κ3) is 14.0. The van der Waals surface area contributed by atoms with Crippen LogP contribution in [0.4, 0.5) is 0 Å². The van der Waals surface area contributed by atoms with Crippen molar-refractivity contribution in [1.82, 2.24) is 20.4 Å². The predicted octanol–water partition coefficient (Wildman–Crippen LogP) is 9.92. The van der Waals surface area contributed by atoms with Crippen LogP contribution >= 0.6 is 11.3 Å². The number of carbonyl (C=O) groups excluding carboxylic acids is 4. The number of rotatable bonds is 21. The Hall–Kier alpha value is -5.76. The van der Waals surface area contributed by atoms with Gasteiger partial charge >= 0.3 is 0 Å². The number of fused-ring (bicyclic) bond motifs is 1. The van der Waals surface area contributed by atoms with Crippen molar-refractivity contribution >= 4 is 44.9 Å². The molecule has 1 fully saturated rings. The number of phenols is 2. The van der Waals surface area contributed by atoms with E-state index in [1.54, 1.807) is 54.6 Å². The minimum atomic E-state index is -0.859. The number of β-amino-alcohol motifs (C(OH)–C–C–N with tert-alkyl or cyclic N) is 1. The zero-order valence-corrected chi connectivity index (χ0v) is 42.5. The fourth-order valence-electron chi connectivity index (χ4n) is 8.86. The Balaban J connectivity index is 0.904. The van der Waals surface area contributed by atoms with Gasteiger partial charge in [-0.15, -0.1) is 11.3 Å². The van der Waals surface area contributed by atoms with E-state index < -0.39 is 23.6 Å². The standard InChI is InChI=1S/C56H72N4O8S/c1-9-59(31-32-68-44-27-20-38(21-28-44)50(65)49-45-29-26-42(62)34-47(45)69-51(49)39-18-24-41(61)25-19-39)30-14-12-10-11-13-15-48(64)58-52(56(6,7)8)54(67)60-35-43(63)33-46(60)53(66)57-36(2)37-16-22-40(23-17-37)55(3,4)5/h16-29,34,36,43,46,52,61-63H,9-15,30-33,35H2,1-8H3,(H,57,66)(H,58,64)/t36-,43+,46-,52+/m0/s1.